The molecule has 0 spiro atoms. The number of amides is 1. The Morgan fingerprint density at radius 3 is 2.80 bits per heavy atom. The number of methoxy groups -OCH3 is 1. The molecule has 2 rings (SSSR count). The zero-order valence-corrected chi connectivity index (χ0v) is 12.2. The largest absolute Gasteiger partial charge is 0.397 e. The molecule has 0 aromatic heterocycles. The SMILES string of the molecule is CNC(=O)c1ccc(N)c(NCC2(CCOC)CC2)c1. The third-order valence-electron chi connectivity index (χ3n) is 3.99. The number of hydrogen-bond donors (Lipinski definition) is 3. The predicted octanol–water partition coefficient (Wildman–Crippen LogP) is 1.86. The zero-order valence-electron chi connectivity index (χ0n) is 12.2. The predicted molar refractivity (Wildman–Crippen MR) is 80.9 cm³/mol. The second-order valence-corrected chi connectivity index (χ2v) is 5.48. The summed E-state index contributed by atoms with van der Waals surface area (Å²) in [6.45, 7) is 1.66. The van der Waals surface area contributed by atoms with Gasteiger partial charge in [0.1, 0.15) is 0 Å². The van der Waals surface area contributed by atoms with Gasteiger partial charge in [-0.15, -0.1) is 0 Å². The van der Waals surface area contributed by atoms with Crippen LogP contribution in [0.1, 0.15) is 29.6 Å². The van der Waals surface area contributed by atoms with E-state index in [1.807, 2.05) is 0 Å². The molecule has 1 saturated carbocycles. The molecule has 1 aromatic carbocycles. The summed E-state index contributed by atoms with van der Waals surface area (Å²) in [5, 5.41) is 6.00. The molecule has 4 N–H and O–H groups in total. The smallest absolute Gasteiger partial charge is 0.251 e. The first-order chi connectivity index (χ1) is 9.60. The number of nitrogens with one attached hydrogen (secondary N) is 2. The molecule has 5 nitrogen and oxygen atoms in total. The van der Waals surface area contributed by atoms with Crippen LogP contribution < -0.4 is 16.4 Å². The standard InChI is InChI=1S/C15H23N3O2/c1-17-14(19)11-3-4-12(16)13(9-11)18-10-15(5-6-15)7-8-20-2/h3-4,9,18H,5-8,10,16H2,1-2H3,(H,17,19). The fraction of sp³-hybridized carbons (Fsp3) is 0.533. The summed E-state index contributed by atoms with van der Waals surface area (Å²) >= 11 is 0. The minimum Gasteiger partial charge on any atom is -0.397 e. The molecular weight excluding hydrogens is 254 g/mol. The van der Waals surface area contributed by atoms with Gasteiger partial charge in [0.05, 0.1) is 11.4 Å². The molecule has 5 heteroatoms. The minimum absolute atomic E-state index is 0.103. The van der Waals surface area contributed by atoms with Crippen molar-refractivity contribution in [1.29, 1.82) is 0 Å². The number of nitrogens with two attached hydrogens (primary N) is 1. The molecule has 110 valence electrons. The van der Waals surface area contributed by atoms with Crippen molar-refractivity contribution in [3.8, 4) is 0 Å². The third-order valence-corrected chi connectivity index (χ3v) is 3.99. The van der Waals surface area contributed by atoms with Crippen LogP contribution in [0.2, 0.25) is 0 Å². The lowest BCUT2D eigenvalue weighted by atomic mass is 10.0. The molecule has 0 heterocycles. The first kappa shape index (κ1) is 14.7. The number of benzene rings is 1. The van der Waals surface area contributed by atoms with Gasteiger partial charge in [0.2, 0.25) is 0 Å². The van der Waals surface area contributed by atoms with Gasteiger partial charge in [-0.25, -0.2) is 0 Å². The fourth-order valence-corrected chi connectivity index (χ4v) is 2.29. The van der Waals surface area contributed by atoms with Crippen molar-refractivity contribution in [2.45, 2.75) is 19.3 Å². The maximum atomic E-state index is 11.6. The highest BCUT2D eigenvalue weighted by Gasteiger charge is 2.41. The Labute approximate surface area is 119 Å². The molecule has 1 fully saturated rings. The topological polar surface area (TPSA) is 76.4 Å². The highest BCUT2D eigenvalue weighted by molar-refractivity contribution is 5.96. The van der Waals surface area contributed by atoms with Crippen LogP contribution in [0.3, 0.4) is 0 Å². The highest BCUT2D eigenvalue weighted by Crippen LogP contribution is 2.48. The normalized spacial score (nSPS) is 15.7. The second-order valence-electron chi connectivity index (χ2n) is 5.48. The number of hydrogen-bond acceptors (Lipinski definition) is 4. The van der Waals surface area contributed by atoms with Gasteiger partial charge < -0.3 is 21.1 Å². The molecule has 0 saturated heterocycles. The maximum Gasteiger partial charge on any atom is 0.251 e. The Bertz CT molecular complexity index is 484. The van der Waals surface area contributed by atoms with E-state index in [4.69, 9.17) is 10.5 Å². The van der Waals surface area contributed by atoms with Gasteiger partial charge >= 0.3 is 0 Å². The Hall–Kier alpha value is -1.75. The molecule has 1 aliphatic carbocycles. The van der Waals surface area contributed by atoms with Crippen molar-refractivity contribution in [2.24, 2.45) is 5.41 Å². The van der Waals surface area contributed by atoms with E-state index in [0.717, 1.165) is 25.3 Å². The van der Waals surface area contributed by atoms with Gasteiger partial charge in [-0.2, -0.15) is 0 Å². The first-order valence-electron chi connectivity index (χ1n) is 6.95. The van der Waals surface area contributed by atoms with E-state index in [-0.39, 0.29) is 5.91 Å². The summed E-state index contributed by atoms with van der Waals surface area (Å²) in [7, 11) is 3.35. The van der Waals surface area contributed by atoms with Crippen LogP contribution in [-0.2, 0) is 4.74 Å². The van der Waals surface area contributed by atoms with Crippen molar-refractivity contribution in [1.82, 2.24) is 5.32 Å². The number of anilines is 2. The third kappa shape index (κ3) is 3.42. The Balaban J connectivity index is 2.00. The number of carbonyl (C=O) groups excluding carboxylic acids is 1. The molecule has 0 aliphatic heterocycles. The van der Waals surface area contributed by atoms with Crippen molar-refractivity contribution in [2.75, 3.05) is 38.4 Å². The molecular formula is C15H23N3O2. The molecule has 1 amide bonds. The van der Waals surface area contributed by atoms with Crippen LogP contribution in [0.5, 0.6) is 0 Å². The van der Waals surface area contributed by atoms with Crippen molar-refractivity contribution >= 4 is 17.3 Å². The van der Waals surface area contributed by atoms with E-state index < -0.39 is 0 Å². The van der Waals surface area contributed by atoms with Gasteiger partial charge in [-0.3, -0.25) is 4.79 Å². The van der Waals surface area contributed by atoms with Crippen LogP contribution in [-0.4, -0.2) is 33.2 Å². The van der Waals surface area contributed by atoms with Crippen LogP contribution in [0.4, 0.5) is 11.4 Å². The van der Waals surface area contributed by atoms with Crippen molar-refractivity contribution in [3.63, 3.8) is 0 Å². The Morgan fingerprint density at radius 2 is 2.20 bits per heavy atom. The van der Waals surface area contributed by atoms with Gasteiger partial charge in [0, 0.05) is 32.9 Å². The van der Waals surface area contributed by atoms with Crippen LogP contribution in [0, 0.1) is 5.41 Å². The average Bonchev–Trinajstić information content (AvgIpc) is 3.24. The van der Waals surface area contributed by atoms with Crippen molar-refractivity contribution in [3.05, 3.63) is 23.8 Å². The van der Waals surface area contributed by atoms with E-state index in [2.05, 4.69) is 10.6 Å². The van der Waals surface area contributed by atoms with Gasteiger partial charge in [0.25, 0.3) is 5.91 Å². The lowest BCUT2D eigenvalue weighted by Gasteiger charge is -2.18. The molecule has 0 bridgehead atoms. The summed E-state index contributed by atoms with van der Waals surface area (Å²) in [4.78, 5) is 11.6. The van der Waals surface area contributed by atoms with Gasteiger partial charge in [0.15, 0.2) is 0 Å². The van der Waals surface area contributed by atoms with E-state index in [9.17, 15) is 4.79 Å². The monoisotopic (exact) mass is 277 g/mol. The number of nitrogen functional groups attached to an aromatic ring is 1. The van der Waals surface area contributed by atoms with E-state index >= 15 is 0 Å². The van der Waals surface area contributed by atoms with Crippen LogP contribution in [0.25, 0.3) is 0 Å². The molecule has 0 atom stereocenters. The number of rotatable bonds is 7. The molecule has 0 unspecified atom stereocenters. The van der Waals surface area contributed by atoms with Crippen LogP contribution in [0.15, 0.2) is 18.2 Å². The maximum absolute atomic E-state index is 11.6. The average molecular weight is 277 g/mol. The lowest BCUT2D eigenvalue weighted by molar-refractivity contribution is 0.0963. The molecule has 0 radical (unpaired) electrons. The number of carbonyl (C=O) groups is 1. The Morgan fingerprint density at radius 1 is 1.45 bits per heavy atom. The minimum atomic E-state index is -0.103. The summed E-state index contributed by atoms with van der Waals surface area (Å²) in [6.07, 6.45) is 3.50. The van der Waals surface area contributed by atoms with Crippen LogP contribution >= 0.6 is 0 Å². The van der Waals surface area contributed by atoms with E-state index in [0.29, 0.717) is 16.7 Å². The number of ether oxygens (including phenoxy) is 1. The molecule has 1 aliphatic rings. The summed E-state index contributed by atoms with van der Waals surface area (Å²) in [5.41, 5.74) is 8.41. The quantitative estimate of drug-likeness (QED) is 0.665. The summed E-state index contributed by atoms with van der Waals surface area (Å²) in [6, 6.07) is 5.30. The Kier molecular flexibility index (Phi) is 4.49. The van der Waals surface area contributed by atoms with E-state index in [1.165, 1.54) is 12.8 Å². The highest BCUT2D eigenvalue weighted by atomic mass is 16.5. The molecule has 1 aromatic rings. The first-order valence-corrected chi connectivity index (χ1v) is 6.95. The van der Waals surface area contributed by atoms with Gasteiger partial charge in [-0.05, 0) is 42.9 Å². The summed E-state index contributed by atoms with van der Waals surface area (Å²) < 4.78 is 5.15. The summed E-state index contributed by atoms with van der Waals surface area (Å²) in [5.74, 6) is -0.103. The second kappa shape index (κ2) is 6.13. The zero-order chi connectivity index (χ0) is 14.6. The lowest BCUT2D eigenvalue weighted by Crippen LogP contribution is -2.20. The fourth-order valence-electron chi connectivity index (χ4n) is 2.29. The van der Waals surface area contributed by atoms with E-state index in [1.54, 1.807) is 32.4 Å². The van der Waals surface area contributed by atoms with Gasteiger partial charge in [-0.1, -0.05) is 0 Å². The van der Waals surface area contributed by atoms with Crippen molar-refractivity contribution < 1.29 is 9.53 Å². The molecule has 20 heavy (non-hydrogen) atoms.